The molecule has 1 aromatic carbocycles. The molecule has 0 saturated carbocycles. The van der Waals surface area contributed by atoms with Gasteiger partial charge in [0, 0.05) is 6.61 Å². The van der Waals surface area contributed by atoms with Crippen LogP contribution in [0, 0.1) is 18.3 Å². The lowest BCUT2D eigenvalue weighted by Gasteiger charge is -2.22. The van der Waals surface area contributed by atoms with E-state index < -0.39 is 0 Å². The molecule has 1 aliphatic rings. The first-order chi connectivity index (χ1) is 9.29. The molecule has 0 unspecified atom stereocenters. The van der Waals surface area contributed by atoms with Gasteiger partial charge in [0.1, 0.15) is 12.4 Å². The summed E-state index contributed by atoms with van der Waals surface area (Å²) < 4.78 is 16.7. The third-order valence-corrected chi connectivity index (χ3v) is 3.10. The predicted octanol–water partition coefficient (Wildman–Crippen LogP) is 2.79. The smallest absolute Gasteiger partial charge is 0.157 e. The second kappa shape index (κ2) is 7.13. The third kappa shape index (κ3) is 4.23. The molecule has 1 aromatic rings. The number of nitriles is 1. The van der Waals surface area contributed by atoms with Gasteiger partial charge in [0.15, 0.2) is 6.29 Å². The zero-order valence-electron chi connectivity index (χ0n) is 11.2. The normalized spacial score (nSPS) is 18.8. The van der Waals surface area contributed by atoms with Gasteiger partial charge in [0.05, 0.1) is 18.2 Å². The van der Waals surface area contributed by atoms with Crippen LogP contribution in [0.1, 0.15) is 30.4 Å². The van der Waals surface area contributed by atoms with Crippen molar-refractivity contribution in [2.75, 3.05) is 19.8 Å². The summed E-state index contributed by atoms with van der Waals surface area (Å²) in [6.07, 6.45) is 3.16. The van der Waals surface area contributed by atoms with E-state index in [2.05, 4.69) is 6.07 Å². The minimum atomic E-state index is -0.0797. The van der Waals surface area contributed by atoms with Gasteiger partial charge in [-0.1, -0.05) is 6.07 Å². The fraction of sp³-hybridized carbons (Fsp3) is 0.533. The molecular formula is C15H19NO3. The summed E-state index contributed by atoms with van der Waals surface area (Å²) in [5.41, 5.74) is 1.63. The molecule has 1 heterocycles. The highest BCUT2D eigenvalue weighted by Gasteiger charge is 2.13. The van der Waals surface area contributed by atoms with Crippen molar-refractivity contribution >= 4 is 0 Å². The molecule has 0 spiro atoms. The molecule has 1 saturated heterocycles. The van der Waals surface area contributed by atoms with Crippen molar-refractivity contribution in [3.8, 4) is 11.8 Å². The van der Waals surface area contributed by atoms with Gasteiger partial charge in [-0.2, -0.15) is 5.26 Å². The van der Waals surface area contributed by atoms with Gasteiger partial charge in [-0.15, -0.1) is 0 Å². The lowest BCUT2D eigenvalue weighted by Crippen LogP contribution is -2.24. The quantitative estimate of drug-likeness (QED) is 0.765. The fourth-order valence-electron chi connectivity index (χ4n) is 2.00. The van der Waals surface area contributed by atoms with Crippen molar-refractivity contribution in [1.82, 2.24) is 0 Å². The van der Waals surface area contributed by atoms with E-state index in [4.69, 9.17) is 19.5 Å². The first-order valence-corrected chi connectivity index (χ1v) is 6.66. The van der Waals surface area contributed by atoms with Crippen LogP contribution in [0.15, 0.2) is 18.2 Å². The molecule has 0 amide bonds. The van der Waals surface area contributed by atoms with Crippen LogP contribution in [-0.4, -0.2) is 26.1 Å². The Morgan fingerprint density at radius 2 is 2.26 bits per heavy atom. The second-order valence-electron chi connectivity index (χ2n) is 4.61. The number of ether oxygens (including phenoxy) is 3. The number of rotatable bonds is 5. The van der Waals surface area contributed by atoms with Gasteiger partial charge in [0.25, 0.3) is 0 Å². The summed E-state index contributed by atoms with van der Waals surface area (Å²) in [7, 11) is 0. The van der Waals surface area contributed by atoms with Gasteiger partial charge in [-0.3, -0.25) is 0 Å². The molecule has 4 nitrogen and oxygen atoms in total. The molecule has 1 fully saturated rings. The highest BCUT2D eigenvalue weighted by Crippen LogP contribution is 2.19. The number of aryl methyl sites for hydroxylation is 1. The van der Waals surface area contributed by atoms with Crippen LogP contribution >= 0.6 is 0 Å². The van der Waals surface area contributed by atoms with E-state index in [1.165, 1.54) is 0 Å². The van der Waals surface area contributed by atoms with E-state index in [0.717, 1.165) is 37.2 Å². The minimum Gasteiger partial charge on any atom is -0.491 e. The Hall–Kier alpha value is -1.57. The molecule has 0 bridgehead atoms. The van der Waals surface area contributed by atoms with Crippen molar-refractivity contribution < 1.29 is 14.2 Å². The van der Waals surface area contributed by atoms with Crippen LogP contribution < -0.4 is 4.74 Å². The van der Waals surface area contributed by atoms with Gasteiger partial charge in [0.2, 0.25) is 0 Å². The van der Waals surface area contributed by atoms with Gasteiger partial charge in [-0.05, 0) is 43.9 Å². The van der Waals surface area contributed by atoms with Crippen LogP contribution in [0.2, 0.25) is 0 Å². The van der Waals surface area contributed by atoms with Crippen molar-refractivity contribution in [2.24, 2.45) is 0 Å². The number of benzene rings is 1. The molecule has 4 heteroatoms. The maximum absolute atomic E-state index is 8.85. The summed E-state index contributed by atoms with van der Waals surface area (Å²) in [4.78, 5) is 0. The highest BCUT2D eigenvalue weighted by molar-refractivity contribution is 5.41. The van der Waals surface area contributed by atoms with Crippen LogP contribution in [-0.2, 0) is 9.47 Å². The third-order valence-electron chi connectivity index (χ3n) is 3.10. The number of nitrogens with zero attached hydrogens (tertiary/aromatic N) is 1. The fourth-order valence-corrected chi connectivity index (χ4v) is 2.00. The lowest BCUT2D eigenvalue weighted by molar-refractivity contribution is -0.165. The number of hydrogen-bond acceptors (Lipinski definition) is 4. The molecule has 0 aromatic heterocycles. The van der Waals surface area contributed by atoms with Gasteiger partial charge < -0.3 is 14.2 Å². The maximum Gasteiger partial charge on any atom is 0.157 e. The standard InChI is InChI=1S/C15H19NO3/c1-12-5-6-13(11-16)10-14(12)17-8-9-19-15-4-2-3-7-18-15/h5-6,10,15H,2-4,7-9H2,1H3/t15-/m1/s1. The van der Waals surface area contributed by atoms with E-state index >= 15 is 0 Å². The van der Waals surface area contributed by atoms with Crippen LogP contribution in [0.3, 0.4) is 0 Å². The van der Waals surface area contributed by atoms with Crippen LogP contribution in [0.25, 0.3) is 0 Å². The van der Waals surface area contributed by atoms with E-state index in [-0.39, 0.29) is 6.29 Å². The van der Waals surface area contributed by atoms with E-state index in [0.29, 0.717) is 18.8 Å². The number of hydrogen-bond donors (Lipinski definition) is 0. The molecule has 102 valence electrons. The predicted molar refractivity (Wildman–Crippen MR) is 70.9 cm³/mol. The average molecular weight is 261 g/mol. The zero-order chi connectivity index (χ0) is 13.5. The molecular weight excluding hydrogens is 242 g/mol. The molecule has 1 atom stereocenters. The Morgan fingerprint density at radius 3 is 3.00 bits per heavy atom. The largest absolute Gasteiger partial charge is 0.491 e. The summed E-state index contributed by atoms with van der Waals surface area (Å²) in [5.74, 6) is 0.743. The Balaban J connectivity index is 1.74. The lowest BCUT2D eigenvalue weighted by atomic mass is 10.1. The summed E-state index contributed by atoms with van der Waals surface area (Å²) in [6.45, 7) is 3.72. The van der Waals surface area contributed by atoms with Gasteiger partial charge in [-0.25, -0.2) is 0 Å². The van der Waals surface area contributed by atoms with Crippen molar-refractivity contribution in [3.63, 3.8) is 0 Å². The Kier molecular flexibility index (Phi) is 5.20. The monoisotopic (exact) mass is 261 g/mol. The van der Waals surface area contributed by atoms with Crippen molar-refractivity contribution in [1.29, 1.82) is 5.26 Å². The van der Waals surface area contributed by atoms with E-state index in [9.17, 15) is 0 Å². The van der Waals surface area contributed by atoms with Crippen molar-refractivity contribution in [2.45, 2.75) is 32.5 Å². The molecule has 0 radical (unpaired) electrons. The summed E-state index contributed by atoms with van der Waals surface area (Å²) in [6, 6.07) is 7.54. The van der Waals surface area contributed by atoms with Gasteiger partial charge >= 0.3 is 0 Å². The topological polar surface area (TPSA) is 51.5 Å². The minimum absolute atomic E-state index is 0.0797. The molecule has 0 N–H and O–H groups in total. The highest BCUT2D eigenvalue weighted by atomic mass is 16.7. The first-order valence-electron chi connectivity index (χ1n) is 6.66. The molecule has 2 rings (SSSR count). The SMILES string of the molecule is Cc1ccc(C#N)cc1OCCO[C@@H]1CCCCO1. The van der Waals surface area contributed by atoms with Crippen molar-refractivity contribution in [3.05, 3.63) is 29.3 Å². The zero-order valence-corrected chi connectivity index (χ0v) is 11.2. The molecule has 0 aliphatic carbocycles. The summed E-state index contributed by atoms with van der Waals surface area (Å²) >= 11 is 0. The summed E-state index contributed by atoms with van der Waals surface area (Å²) in [5, 5.41) is 8.85. The Bertz CT molecular complexity index is 447. The van der Waals surface area contributed by atoms with Crippen LogP contribution in [0.5, 0.6) is 5.75 Å². The first kappa shape index (κ1) is 13.9. The second-order valence-corrected chi connectivity index (χ2v) is 4.61. The molecule has 1 aliphatic heterocycles. The van der Waals surface area contributed by atoms with E-state index in [1.807, 2.05) is 13.0 Å². The Labute approximate surface area is 113 Å². The maximum atomic E-state index is 8.85. The Morgan fingerprint density at radius 1 is 1.37 bits per heavy atom. The van der Waals surface area contributed by atoms with E-state index in [1.54, 1.807) is 12.1 Å². The van der Waals surface area contributed by atoms with Crippen LogP contribution in [0.4, 0.5) is 0 Å². The molecule has 19 heavy (non-hydrogen) atoms. The average Bonchev–Trinajstić information content (AvgIpc) is 2.46.